The lowest BCUT2D eigenvalue weighted by atomic mass is 10.1. The lowest BCUT2D eigenvalue weighted by molar-refractivity contribution is 0.0790. The van der Waals surface area contributed by atoms with E-state index in [0.29, 0.717) is 36.8 Å². The number of hydrogen-bond acceptors (Lipinski definition) is 5. The second-order valence-corrected chi connectivity index (χ2v) is 7.55. The molecule has 0 spiro atoms. The first-order valence-corrected chi connectivity index (χ1v) is 9.70. The van der Waals surface area contributed by atoms with Crippen LogP contribution in [0.2, 0.25) is 0 Å². The molecule has 1 fully saturated rings. The van der Waals surface area contributed by atoms with Crippen LogP contribution in [-0.2, 0) is 6.54 Å². The normalized spacial score (nSPS) is 18.2. The zero-order chi connectivity index (χ0) is 19.3. The monoisotopic (exact) mass is 378 g/mol. The molecule has 3 aliphatic rings. The Kier molecular flexibility index (Phi) is 3.96. The minimum absolute atomic E-state index is 0.0209. The minimum Gasteiger partial charge on any atom is -0.488 e. The van der Waals surface area contributed by atoms with E-state index >= 15 is 0 Å². The summed E-state index contributed by atoms with van der Waals surface area (Å²) in [5.74, 6) is 1.42. The number of likely N-dealkylation sites (tertiary alicyclic amines) is 1. The Hall–Kier alpha value is -3.09. The van der Waals surface area contributed by atoms with E-state index < -0.39 is 0 Å². The largest absolute Gasteiger partial charge is 0.488 e. The second-order valence-electron chi connectivity index (χ2n) is 7.55. The van der Waals surface area contributed by atoms with Gasteiger partial charge in [0.1, 0.15) is 6.61 Å². The van der Waals surface area contributed by atoms with Crippen molar-refractivity contribution in [2.45, 2.75) is 19.4 Å². The molecule has 0 N–H and O–H groups in total. The number of ether oxygens (including phenoxy) is 1. The molecule has 1 aromatic heterocycles. The van der Waals surface area contributed by atoms with Gasteiger partial charge in [0, 0.05) is 44.1 Å². The third-order valence-corrected chi connectivity index (χ3v) is 5.69. The van der Waals surface area contributed by atoms with Crippen LogP contribution in [0.25, 0.3) is 0 Å². The molecule has 1 saturated heterocycles. The number of nitrogens with zero attached hydrogens (tertiary/aromatic N) is 4. The summed E-state index contributed by atoms with van der Waals surface area (Å²) in [6.07, 6.45) is 3.76. The predicted molar refractivity (Wildman–Crippen MR) is 104 cm³/mol. The quantitative estimate of drug-likeness (QED) is 0.803. The maximum Gasteiger partial charge on any atom is 0.255 e. The van der Waals surface area contributed by atoms with Gasteiger partial charge in [0.15, 0.2) is 11.6 Å². The van der Waals surface area contributed by atoms with Crippen LogP contribution in [0.4, 0.5) is 11.5 Å². The molecule has 7 nitrogen and oxygen atoms in total. The van der Waals surface area contributed by atoms with Crippen LogP contribution in [0, 0.1) is 0 Å². The van der Waals surface area contributed by atoms with E-state index in [2.05, 4.69) is 16.0 Å². The first-order chi connectivity index (χ1) is 13.6. The Morgan fingerprint density at radius 1 is 1.14 bits per heavy atom. The van der Waals surface area contributed by atoms with Crippen molar-refractivity contribution in [1.29, 1.82) is 0 Å². The molecule has 1 aromatic carbocycles. The summed E-state index contributed by atoms with van der Waals surface area (Å²) in [6, 6.07) is 7.70. The van der Waals surface area contributed by atoms with Crippen LogP contribution in [0.1, 0.15) is 39.1 Å². The molecule has 0 saturated carbocycles. The summed E-state index contributed by atoms with van der Waals surface area (Å²) in [7, 11) is 1.81. The molecular formula is C21H22N4O3. The number of amides is 2. The van der Waals surface area contributed by atoms with Crippen LogP contribution < -0.4 is 9.64 Å². The highest BCUT2D eigenvalue weighted by molar-refractivity contribution is 5.99. The van der Waals surface area contributed by atoms with Crippen LogP contribution in [0.5, 0.6) is 5.75 Å². The molecule has 5 rings (SSSR count). The van der Waals surface area contributed by atoms with Crippen molar-refractivity contribution in [3.8, 4) is 5.75 Å². The molecule has 7 heteroatoms. The number of anilines is 2. The summed E-state index contributed by atoms with van der Waals surface area (Å²) >= 11 is 0. The molecule has 0 unspecified atom stereocenters. The van der Waals surface area contributed by atoms with Crippen molar-refractivity contribution < 1.29 is 14.3 Å². The van der Waals surface area contributed by atoms with Gasteiger partial charge in [-0.3, -0.25) is 9.59 Å². The number of benzene rings is 1. The van der Waals surface area contributed by atoms with E-state index in [1.807, 2.05) is 24.1 Å². The third-order valence-electron chi connectivity index (χ3n) is 5.69. The van der Waals surface area contributed by atoms with Gasteiger partial charge in [-0.25, -0.2) is 4.98 Å². The van der Waals surface area contributed by atoms with Gasteiger partial charge in [0.05, 0.1) is 12.1 Å². The Morgan fingerprint density at radius 3 is 2.79 bits per heavy atom. The summed E-state index contributed by atoms with van der Waals surface area (Å²) in [4.78, 5) is 35.0. The molecule has 0 radical (unpaired) electrons. The molecule has 2 amide bonds. The molecule has 0 aliphatic carbocycles. The molecule has 4 heterocycles. The van der Waals surface area contributed by atoms with Gasteiger partial charge in [-0.15, -0.1) is 0 Å². The summed E-state index contributed by atoms with van der Waals surface area (Å²) < 4.78 is 5.82. The average molecular weight is 378 g/mol. The zero-order valence-corrected chi connectivity index (χ0v) is 15.9. The second kappa shape index (κ2) is 6.51. The van der Waals surface area contributed by atoms with E-state index in [0.717, 1.165) is 42.7 Å². The van der Waals surface area contributed by atoms with E-state index in [1.54, 1.807) is 17.2 Å². The highest BCUT2D eigenvalue weighted by Gasteiger charge is 2.28. The lowest BCUT2D eigenvalue weighted by Gasteiger charge is -2.30. The predicted octanol–water partition coefficient (Wildman–Crippen LogP) is 2.43. The topological polar surface area (TPSA) is 66.0 Å². The fraction of sp³-hybridized carbons (Fsp3) is 0.381. The van der Waals surface area contributed by atoms with Gasteiger partial charge in [0.25, 0.3) is 11.8 Å². The van der Waals surface area contributed by atoms with Crippen LogP contribution in [0.15, 0.2) is 30.5 Å². The number of rotatable bonds is 2. The Bertz CT molecular complexity index is 968. The van der Waals surface area contributed by atoms with Crippen molar-refractivity contribution in [3.05, 3.63) is 47.2 Å². The summed E-state index contributed by atoms with van der Waals surface area (Å²) in [5.41, 5.74) is 3.35. The minimum atomic E-state index is 0.0209. The number of hydrogen-bond donors (Lipinski definition) is 0. The smallest absolute Gasteiger partial charge is 0.255 e. The zero-order valence-electron chi connectivity index (χ0n) is 15.9. The lowest BCUT2D eigenvalue weighted by Crippen LogP contribution is -2.31. The SMILES string of the molecule is CN1Cc2cc(N3CCOc4cc(C(=O)N5CCCC5)cnc43)ccc2C1=O. The van der Waals surface area contributed by atoms with Gasteiger partial charge in [0.2, 0.25) is 0 Å². The van der Waals surface area contributed by atoms with Crippen LogP contribution in [-0.4, -0.2) is 59.9 Å². The first kappa shape index (κ1) is 17.0. The Labute approximate surface area is 163 Å². The fourth-order valence-corrected chi connectivity index (χ4v) is 4.19. The first-order valence-electron chi connectivity index (χ1n) is 9.70. The van der Waals surface area contributed by atoms with Crippen molar-refractivity contribution in [1.82, 2.24) is 14.8 Å². The van der Waals surface area contributed by atoms with Crippen molar-refractivity contribution in [2.24, 2.45) is 0 Å². The molecule has 2 aromatic rings. The highest BCUT2D eigenvalue weighted by Crippen LogP contribution is 2.37. The van der Waals surface area contributed by atoms with Gasteiger partial charge < -0.3 is 19.4 Å². The van der Waals surface area contributed by atoms with E-state index in [4.69, 9.17) is 4.74 Å². The number of carbonyl (C=O) groups excluding carboxylic acids is 2. The third kappa shape index (κ3) is 2.69. The molecule has 0 atom stereocenters. The van der Waals surface area contributed by atoms with E-state index in [9.17, 15) is 9.59 Å². The van der Waals surface area contributed by atoms with Gasteiger partial charge in [-0.2, -0.15) is 0 Å². The van der Waals surface area contributed by atoms with Crippen molar-refractivity contribution in [2.75, 3.05) is 38.2 Å². The molecular weight excluding hydrogens is 356 g/mol. The maximum atomic E-state index is 12.7. The standard InChI is InChI=1S/C21H22N4O3/c1-23-13-15-10-16(4-5-17(15)21(23)27)25-8-9-28-18-11-14(12-22-19(18)25)20(26)24-6-2-3-7-24/h4-5,10-12H,2-3,6-9,13H2,1H3. The average Bonchev–Trinajstić information content (AvgIpc) is 3.35. The fourth-order valence-electron chi connectivity index (χ4n) is 4.19. The number of pyridine rings is 1. The Morgan fingerprint density at radius 2 is 1.96 bits per heavy atom. The Balaban J connectivity index is 1.46. The summed E-state index contributed by atoms with van der Waals surface area (Å²) in [6.45, 7) is 3.43. The van der Waals surface area contributed by atoms with Gasteiger partial charge in [-0.05, 0) is 42.7 Å². The van der Waals surface area contributed by atoms with Crippen molar-refractivity contribution >= 4 is 23.3 Å². The van der Waals surface area contributed by atoms with Crippen LogP contribution in [0.3, 0.4) is 0 Å². The maximum absolute atomic E-state index is 12.7. The molecule has 0 bridgehead atoms. The number of carbonyl (C=O) groups is 2. The van der Waals surface area contributed by atoms with Crippen LogP contribution >= 0.6 is 0 Å². The highest BCUT2D eigenvalue weighted by atomic mass is 16.5. The van der Waals surface area contributed by atoms with Crippen molar-refractivity contribution in [3.63, 3.8) is 0 Å². The van der Waals surface area contributed by atoms with E-state index in [1.165, 1.54) is 0 Å². The van der Waals surface area contributed by atoms with Gasteiger partial charge >= 0.3 is 0 Å². The molecule has 3 aliphatic heterocycles. The molecule has 28 heavy (non-hydrogen) atoms. The number of fused-ring (bicyclic) bond motifs is 2. The number of aromatic nitrogens is 1. The van der Waals surface area contributed by atoms with Gasteiger partial charge in [-0.1, -0.05) is 0 Å². The van der Waals surface area contributed by atoms with E-state index in [-0.39, 0.29) is 11.8 Å². The molecule has 144 valence electrons. The summed E-state index contributed by atoms with van der Waals surface area (Å²) in [5, 5.41) is 0.